The van der Waals surface area contributed by atoms with Crippen LogP contribution in [0.1, 0.15) is 0 Å². The summed E-state index contributed by atoms with van der Waals surface area (Å²) in [5.74, 6) is 1.63. The number of rotatable bonds is 4. The van der Waals surface area contributed by atoms with E-state index in [0.717, 1.165) is 79.8 Å². The van der Waals surface area contributed by atoms with Gasteiger partial charge in [0.25, 0.3) is 0 Å². The monoisotopic (exact) mass is 432 g/mol. The normalized spacial score (nSPS) is 17.4. The van der Waals surface area contributed by atoms with E-state index in [9.17, 15) is 0 Å². The Balaban J connectivity index is 1.44. The van der Waals surface area contributed by atoms with Gasteiger partial charge in [0.05, 0.1) is 52.1 Å². The minimum absolute atomic E-state index is 0.498. The Labute approximate surface area is 179 Å². The molecule has 2 aliphatic rings. The van der Waals surface area contributed by atoms with Crippen LogP contribution in [-0.4, -0.2) is 67.4 Å². The molecule has 0 spiro atoms. The maximum Gasteiger partial charge on any atom is 0.153 e. The summed E-state index contributed by atoms with van der Waals surface area (Å²) in [6, 6.07) is 9.79. The van der Waals surface area contributed by atoms with E-state index in [-0.39, 0.29) is 0 Å². The van der Waals surface area contributed by atoms with Gasteiger partial charge in [-0.15, -0.1) is 0 Å². The number of ether oxygens (including phenoxy) is 2. The van der Waals surface area contributed by atoms with Crippen LogP contribution in [0.15, 0.2) is 30.3 Å². The molecule has 1 fully saturated rings. The standard InChI is InChI=1S/C21H22Cl2N4O2/c22-15-12-17-18(13-16(15)23)25-21(24-17)14-2-1-3-19-20(14)29-11-8-27(19)5-4-26-6-9-28-10-7-26/h1-3,12-13H,4-11H2,(H,24,25). The van der Waals surface area contributed by atoms with Crippen LogP contribution in [0.3, 0.4) is 0 Å². The van der Waals surface area contributed by atoms with E-state index in [1.54, 1.807) is 12.1 Å². The van der Waals surface area contributed by atoms with Crippen molar-refractivity contribution in [3.05, 3.63) is 40.4 Å². The number of benzene rings is 2. The molecule has 152 valence electrons. The highest BCUT2D eigenvalue weighted by molar-refractivity contribution is 6.42. The lowest BCUT2D eigenvalue weighted by Gasteiger charge is -2.34. The number of halogens is 2. The van der Waals surface area contributed by atoms with Crippen LogP contribution in [0, 0.1) is 0 Å². The van der Waals surface area contributed by atoms with Gasteiger partial charge in [-0.3, -0.25) is 4.90 Å². The van der Waals surface area contributed by atoms with Gasteiger partial charge in [-0.1, -0.05) is 29.3 Å². The lowest BCUT2D eigenvalue weighted by molar-refractivity contribution is 0.0390. The fourth-order valence-corrected chi connectivity index (χ4v) is 4.26. The van der Waals surface area contributed by atoms with Gasteiger partial charge >= 0.3 is 0 Å². The molecule has 0 amide bonds. The van der Waals surface area contributed by atoms with Crippen molar-refractivity contribution < 1.29 is 9.47 Å². The minimum Gasteiger partial charge on any atom is -0.489 e. The smallest absolute Gasteiger partial charge is 0.153 e. The number of nitrogens with one attached hydrogen (secondary N) is 1. The van der Waals surface area contributed by atoms with Crippen molar-refractivity contribution in [1.29, 1.82) is 0 Å². The highest BCUT2D eigenvalue weighted by Crippen LogP contribution is 2.40. The third-order valence-electron chi connectivity index (χ3n) is 5.51. The van der Waals surface area contributed by atoms with Gasteiger partial charge in [0.1, 0.15) is 12.4 Å². The molecule has 2 aromatic carbocycles. The Hall–Kier alpha value is -1.99. The second-order valence-electron chi connectivity index (χ2n) is 7.31. The Bertz CT molecular complexity index is 994. The number of hydrogen-bond donors (Lipinski definition) is 1. The Morgan fingerprint density at radius 1 is 1.00 bits per heavy atom. The van der Waals surface area contributed by atoms with Crippen LogP contribution in [0.5, 0.6) is 5.75 Å². The van der Waals surface area contributed by atoms with Gasteiger partial charge in [0, 0.05) is 26.2 Å². The number of aromatic amines is 1. The summed E-state index contributed by atoms with van der Waals surface area (Å²) in [6.45, 7) is 7.17. The predicted octanol–water partition coefficient (Wildman–Crippen LogP) is 4.07. The molecule has 0 unspecified atom stereocenters. The molecule has 6 nitrogen and oxygen atoms in total. The van der Waals surface area contributed by atoms with E-state index >= 15 is 0 Å². The summed E-state index contributed by atoms with van der Waals surface area (Å²) < 4.78 is 11.5. The van der Waals surface area contributed by atoms with Crippen LogP contribution in [0.2, 0.25) is 10.0 Å². The van der Waals surface area contributed by atoms with E-state index in [2.05, 4.69) is 26.9 Å². The number of morpholine rings is 1. The summed E-state index contributed by atoms with van der Waals surface area (Å²) in [5, 5.41) is 1.01. The first-order valence-electron chi connectivity index (χ1n) is 9.85. The molecule has 3 heterocycles. The van der Waals surface area contributed by atoms with E-state index in [1.807, 2.05) is 6.07 Å². The molecule has 8 heteroatoms. The Morgan fingerprint density at radius 3 is 2.69 bits per heavy atom. The minimum atomic E-state index is 0.498. The molecular weight excluding hydrogens is 411 g/mol. The van der Waals surface area contributed by atoms with Gasteiger partial charge in [0.2, 0.25) is 0 Å². The SMILES string of the molecule is Clc1cc2nc(-c3cccc4c3OCCN4CCN3CCOCC3)[nH]c2cc1Cl. The molecule has 2 aliphatic heterocycles. The number of imidazole rings is 1. The number of hydrogen-bond acceptors (Lipinski definition) is 5. The van der Waals surface area contributed by atoms with E-state index in [4.69, 9.17) is 37.7 Å². The molecule has 3 aromatic rings. The first kappa shape index (κ1) is 19.0. The molecule has 1 N–H and O–H groups in total. The van der Waals surface area contributed by atoms with Gasteiger partial charge in [-0.05, 0) is 24.3 Å². The summed E-state index contributed by atoms with van der Waals surface area (Å²) in [5.41, 5.74) is 3.69. The molecule has 5 rings (SSSR count). The van der Waals surface area contributed by atoms with Crippen molar-refractivity contribution >= 4 is 39.9 Å². The van der Waals surface area contributed by atoms with E-state index in [0.29, 0.717) is 16.7 Å². The zero-order valence-corrected chi connectivity index (χ0v) is 17.5. The molecule has 1 saturated heterocycles. The largest absolute Gasteiger partial charge is 0.489 e. The topological polar surface area (TPSA) is 53.6 Å². The summed E-state index contributed by atoms with van der Waals surface area (Å²) in [6.07, 6.45) is 0. The van der Waals surface area contributed by atoms with Crippen LogP contribution >= 0.6 is 23.2 Å². The van der Waals surface area contributed by atoms with Crippen molar-refractivity contribution in [1.82, 2.24) is 14.9 Å². The van der Waals surface area contributed by atoms with Gasteiger partial charge < -0.3 is 19.4 Å². The fraction of sp³-hybridized carbons (Fsp3) is 0.381. The third-order valence-corrected chi connectivity index (χ3v) is 6.23. The second kappa shape index (κ2) is 8.03. The Kier molecular flexibility index (Phi) is 5.26. The zero-order chi connectivity index (χ0) is 19.8. The summed E-state index contributed by atoms with van der Waals surface area (Å²) in [4.78, 5) is 12.9. The second-order valence-corrected chi connectivity index (χ2v) is 8.13. The van der Waals surface area contributed by atoms with Crippen molar-refractivity contribution in [2.24, 2.45) is 0 Å². The number of nitrogens with zero attached hydrogens (tertiary/aromatic N) is 3. The number of aromatic nitrogens is 2. The van der Waals surface area contributed by atoms with Gasteiger partial charge in [-0.2, -0.15) is 0 Å². The highest BCUT2D eigenvalue weighted by Gasteiger charge is 2.23. The lowest BCUT2D eigenvalue weighted by Crippen LogP contribution is -2.43. The molecule has 0 saturated carbocycles. The van der Waals surface area contributed by atoms with Crippen molar-refractivity contribution in [3.8, 4) is 17.1 Å². The maximum atomic E-state index is 6.15. The first-order valence-corrected chi connectivity index (χ1v) is 10.6. The number of fused-ring (bicyclic) bond motifs is 2. The highest BCUT2D eigenvalue weighted by atomic mass is 35.5. The molecule has 0 radical (unpaired) electrons. The first-order chi connectivity index (χ1) is 14.2. The molecule has 1 aromatic heterocycles. The number of anilines is 1. The van der Waals surface area contributed by atoms with E-state index < -0.39 is 0 Å². The molecule has 0 aliphatic carbocycles. The summed E-state index contributed by atoms with van der Waals surface area (Å²) in [7, 11) is 0. The maximum absolute atomic E-state index is 6.15. The van der Waals surface area contributed by atoms with Crippen LogP contribution < -0.4 is 9.64 Å². The van der Waals surface area contributed by atoms with Crippen LogP contribution in [0.25, 0.3) is 22.4 Å². The van der Waals surface area contributed by atoms with Crippen molar-refractivity contribution in [2.75, 3.05) is 57.4 Å². The predicted molar refractivity (Wildman–Crippen MR) is 117 cm³/mol. The lowest BCUT2D eigenvalue weighted by atomic mass is 10.1. The molecule has 0 atom stereocenters. The van der Waals surface area contributed by atoms with Gasteiger partial charge in [-0.25, -0.2) is 4.98 Å². The number of H-pyrrole nitrogens is 1. The fourth-order valence-electron chi connectivity index (χ4n) is 3.94. The van der Waals surface area contributed by atoms with Crippen LogP contribution in [-0.2, 0) is 4.74 Å². The van der Waals surface area contributed by atoms with Gasteiger partial charge in [0.15, 0.2) is 5.75 Å². The van der Waals surface area contributed by atoms with Crippen LogP contribution in [0.4, 0.5) is 5.69 Å². The molecular formula is C21H22Cl2N4O2. The summed E-state index contributed by atoms with van der Waals surface area (Å²) >= 11 is 12.3. The zero-order valence-electron chi connectivity index (χ0n) is 16.0. The average molecular weight is 433 g/mol. The molecule has 0 bridgehead atoms. The Morgan fingerprint density at radius 2 is 1.83 bits per heavy atom. The van der Waals surface area contributed by atoms with E-state index in [1.165, 1.54) is 0 Å². The van der Waals surface area contributed by atoms with Crippen molar-refractivity contribution in [2.45, 2.75) is 0 Å². The third kappa shape index (κ3) is 3.78. The average Bonchev–Trinajstić information content (AvgIpc) is 3.15. The quantitative estimate of drug-likeness (QED) is 0.673. The van der Waals surface area contributed by atoms with Crippen molar-refractivity contribution in [3.63, 3.8) is 0 Å². The molecule has 29 heavy (non-hydrogen) atoms. The number of para-hydroxylation sites is 1.